The second-order valence-corrected chi connectivity index (χ2v) is 5.56. The van der Waals surface area contributed by atoms with Gasteiger partial charge in [-0.1, -0.05) is 12.1 Å². The second-order valence-electron chi connectivity index (χ2n) is 5.56. The molecule has 0 aliphatic carbocycles. The third-order valence-corrected chi connectivity index (χ3v) is 3.72. The quantitative estimate of drug-likeness (QED) is 0.863. The highest BCUT2D eigenvalue weighted by molar-refractivity contribution is 5.94. The minimum Gasteiger partial charge on any atom is -0.343 e. The van der Waals surface area contributed by atoms with Crippen LogP contribution >= 0.6 is 0 Å². The van der Waals surface area contributed by atoms with Crippen molar-refractivity contribution in [3.05, 3.63) is 29.8 Å². The molecular weight excluding hydrogens is 266 g/mol. The van der Waals surface area contributed by atoms with Crippen LogP contribution in [0.4, 0.5) is 5.69 Å². The number of nitrogens with one attached hydrogen (secondary N) is 1. The zero-order valence-electron chi connectivity index (χ0n) is 12.5. The van der Waals surface area contributed by atoms with Gasteiger partial charge < -0.3 is 16.0 Å². The smallest absolute Gasteiger partial charge is 0.240 e. The van der Waals surface area contributed by atoms with Gasteiger partial charge in [0.1, 0.15) is 0 Å². The lowest BCUT2D eigenvalue weighted by Crippen LogP contribution is -2.32. The van der Waals surface area contributed by atoms with Crippen molar-refractivity contribution in [3.63, 3.8) is 0 Å². The molecule has 1 aromatic carbocycles. The van der Waals surface area contributed by atoms with Gasteiger partial charge >= 0.3 is 0 Å². The largest absolute Gasteiger partial charge is 0.343 e. The molecule has 0 bridgehead atoms. The summed E-state index contributed by atoms with van der Waals surface area (Å²) in [6, 6.07) is 7.04. The van der Waals surface area contributed by atoms with Crippen LogP contribution < -0.4 is 11.1 Å². The number of nitrogens with two attached hydrogens (primary N) is 1. The van der Waals surface area contributed by atoms with E-state index in [9.17, 15) is 9.59 Å². The van der Waals surface area contributed by atoms with Crippen molar-refractivity contribution in [2.75, 3.05) is 18.4 Å². The SMILES string of the molecule is C[C@H](N)C(=O)Nc1ccc(CCC(=O)N2CCCC2)cc1. The summed E-state index contributed by atoms with van der Waals surface area (Å²) in [5.74, 6) is 0.0359. The number of carbonyl (C=O) groups excluding carboxylic acids is 2. The van der Waals surface area contributed by atoms with Gasteiger partial charge in [0, 0.05) is 25.2 Å². The molecule has 2 amide bonds. The number of nitrogens with zero attached hydrogens (tertiary/aromatic N) is 1. The number of rotatable bonds is 5. The van der Waals surface area contributed by atoms with Crippen LogP contribution in [0.1, 0.15) is 31.7 Å². The van der Waals surface area contributed by atoms with Crippen molar-refractivity contribution >= 4 is 17.5 Å². The Labute approximate surface area is 125 Å². The van der Waals surface area contributed by atoms with E-state index in [2.05, 4.69) is 5.32 Å². The number of likely N-dealkylation sites (tertiary alicyclic amines) is 1. The molecule has 5 nitrogen and oxygen atoms in total. The van der Waals surface area contributed by atoms with Crippen LogP contribution in [0.5, 0.6) is 0 Å². The monoisotopic (exact) mass is 289 g/mol. The summed E-state index contributed by atoms with van der Waals surface area (Å²) in [5, 5.41) is 2.74. The Morgan fingerprint density at radius 2 is 1.86 bits per heavy atom. The average molecular weight is 289 g/mol. The van der Waals surface area contributed by atoms with Crippen molar-refractivity contribution in [2.24, 2.45) is 5.73 Å². The standard InChI is InChI=1S/C16H23N3O2/c1-12(17)16(21)18-14-7-4-13(5-8-14)6-9-15(20)19-10-2-3-11-19/h4-5,7-8,12H,2-3,6,9-11,17H2,1H3,(H,18,21)/t12-/m0/s1. The molecule has 5 heteroatoms. The molecule has 1 aliphatic heterocycles. The molecule has 1 heterocycles. The number of benzene rings is 1. The van der Waals surface area contributed by atoms with E-state index in [1.807, 2.05) is 29.2 Å². The van der Waals surface area contributed by atoms with Gasteiger partial charge in [0.05, 0.1) is 6.04 Å². The summed E-state index contributed by atoms with van der Waals surface area (Å²) in [5.41, 5.74) is 7.33. The fourth-order valence-corrected chi connectivity index (χ4v) is 2.39. The van der Waals surface area contributed by atoms with Crippen molar-refractivity contribution < 1.29 is 9.59 Å². The van der Waals surface area contributed by atoms with Gasteiger partial charge in [-0.2, -0.15) is 0 Å². The van der Waals surface area contributed by atoms with Gasteiger partial charge in [0.2, 0.25) is 11.8 Å². The van der Waals surface area contributed by atoms with Gasteiger partial charge in [-0.15, -0.1) is 0 Å². The van der Waals surface area contributed by atoms with E-state index in [1.54, 1.807) is 6.92 Å². The van der Waals surface area contributed by atoms with Crippen molar-refractivity contribution in [1.82, 2.24) is 4.90 Å². The normalized spacial score (nSPS) is 15.8. The van der Waals surface area contributed by atoms with Gasteiger partial charge in [0.15, 0.2) is 0 Å². The minimum atomic E-state index is -0.525. The van der Waals surface area contributed by atoms with E-state index in [1.165, 1.54) is 0 Å². The van der Waals surface area contributed by atoms with E-state index in [0.29, 0.717) is 6.42 Å². The van der Waals surface area contributed by atoms with Crippen molar-refractivity contribution in [1.29, 1.82) is 0 Å². The zero-order chi connectivity index (χ0) is 15.2. The highest BCUT2D eigenvalue weighted by Gasteiger charge is 2.17. The van der Waals surface area contributed by atoms with Gasteiger partial charge in [-0.05, 0) is 43.9 Å². The average Bonchev–Trinajstić information content (AvgIpc) is 3.00. The fraction of sp³-hybridized carbons (Fsp3) is 0.500. The van der Waals surface area contributed by atoms with E-state index < -0.39 is 6.04 Å². The minimum absolute atomic E-state index is 0.202. The van der Waals surface area contributed by atoms with Crippen molar-refractivity contribution in [3.8, 4) is 0 Å². The first-order chi connectivity index (χ1) is 10.1. The lowest BCUT2D eigenvalue weighted by atomic mass is 10.1. The molecule has 0 saturated carbocycles. The Kier molecular flexibility index (Phi) is 5.33. The topological polar surface area (TPSA) is 75.4 Å². The molecule has 3 N–H and O–H groups in total. The van der Waals surface area contributed by atoms with E-state index in [4.69, 9.17) is 5.73 Å². The molecule has 1 aromatic rings. The molecule has 114 valence electrons. The number of carbonyl (C=O) groups is 2. The van der Waals surface area contributed by atoms with Gasteiger partial charge in [0.25, 0.3) is 0 Å². The van der Waals surface area contributed by atoms with Crippen LogP contribution in [-0.4, -0.2) is 35.8 Å². The summed E-state index contributed by atoms with van der Waals surface area (Å²) in [7, 11) is 0. The van der Waals surface area contributed by atoms with E-state index in [0.717, 1.165) is 43.6 Å². The molecule has 0 spiro atoms. The number of amides is 2. The molecule has 1 atom stereocenters. The molecule has 1 aliphatic rings. The highest BCUT2D eigenvalue weighted by Crippen LogP contribution is 2.14. The first kappa shape index (κ1) is 15.5. The summed E-state index contributed by atoms with van der Waals surface area (Å²) in [6.07, 6.45) is 3.53. The first-order valence-corrected chi connectivity index (χ1v) is 7.49. The Balaban J connectivity index is 1.82. The predicted octanol–water partition coefficient (Wildman–Crippen LogP) is 1.53. The van der Waals surface area contributed by atoms with Crippen LogP contribution in [0.2, 0.25) is 0 Å². The maximum atomic E-state index is 12.0. The predicted molar refractivity (Wildman–Crippen MR) is 82.9 cm³/mol. The number of aryl methyl sites for hydroxylation is 1. The van der Waals surface area contributed by atoms with Crippen LogP contribution in [0, 0.1) is 0 Å². The number of hydrogen-bond acceptors (Lipinski definition) is 3. The number of anilines is 1. The van der Waals surface area contributed by atoms with Crippen LogP contribution in [-0.2, 0) is 16.0 Å². The Hall–Kier alpha value is -1.88. The lowest BCUT2D eigenvalue weighted by Gasteiger charge is -2.15. The number of hydrogen-bond donors (Lipinski definition) is 2. The summed E-state index contributed by atoms with van der Waals surface area (Å²) < 4.78 is 0. The Morgan fingerprint density at radius 1 is 1.24 bits per heavy atom. The highest BCUT2D eigenvalue weighted by atomic mass is 16.2. The van der Waals surface area contributed by atoms with Gasteiger partial charge in [-0.25, -0.2) is 0 Å². The molecule has 2 rings (SSSR count). The van der Waals surface area contributed by atoms with Crippen molar-refractivity contribution in [2.45, 2.75) is 38.6 Å². The molecule has 1 saturated heterocycles. The van der Waals surface area contributed by atoms with Crippen LogP contribution in [0.3, 0.4) is 0 Å². The summed E-state index contributed by atoms with van der Waals surface area (Å²) >= 11 is 0. The molecular formula is C16H23N3O2. The fourth-order valence-electron chi connectivity index (χ4n) is 2.39. The van der Waals surface area contributed by atoms with E-state index in [-0.39, 0.29) is 11.8 Å². The molecule has 0 unspecified atom stereocenters. The Morgan fingerprint density at radius 3 is 2.43 bits per heavy atom. The molecule has 0 radical (unpaired) electrons. The van der Waals surface area contributed by atoms with Gasteiger partial charge in [-0.3, -0.25) is 9.59 Å². The molecule has 21 heavy (non-hydrogen) atoms. The third-order valence-electron chi connectivity index (χ3n) is 3.72. The molecule has 0 aromatic heterocycles. The van der Waals surface area contributed by atoms with Crippen LogP contribution in [0.25, 0.3) is 0 Å². The Bertz CT molecular complexity index is 491. The zero-order valence-corrected chi connectivity index (χ0v) is 12.5. The second kappa shape index (κ2) is 7.22. The first-order valence-electron chi connectivity index (χ1n) is 7.49. The van der Waals surface area contributed by atoms with Crippen LogP contribution in [0.15, 0.2) is 24.3 Å². The van der Waals surface area contributed by atoms with E-state index >= 15 is 0 Å². The maximum Gasteiger partial charge on any atom is 0.240 e. The molecule has 1 fully saturated rings. The lowest BCUT2D eigenvalue weighted by molar-refractivity contribution is -0.130. The summed E-state index contributed by atoms with van der Waals surface area (Å²) in [6.45, 7) is 3.45. The maximum absolute atomic E-state index is 12.0. The summed E-state index contributed by atoms with van der Waals surface area (Å²) in [4.78, 5) is 25.4. The third kappa shape index (κ3) is 4.56.